The van der Waals surface area contributed by atoms with E-state index < -0.39 is 5.91 Å². The van der Waals surface area contributed by atoms with Crippen LogP contribution >= 0.6 is 11.8 Å². The lowest BCUT2D eigenvalue weighted by Gasteiger charge is -1.99. The number of nitrogen functional groups attached to an aromatic ring is 1. The van der Waals surface area contributed by atoms with Crippen molar-refractivity contribution in [3.63, 3.8) is 0 Å². The first kappa shape index (κ1) is 13.6. The van der Waals surface area contributed by atoms with E-state index in [1.54, 1.807) is 12.1 Å². The first-order valence-corrected chi connectivity index (χ1v) is 6.07. The number of amides is 1. The molecule has 0 saturated heterocycles. The van der Waals surface area contributed by atoms with Gasteiger partial charge in [0.25, 0.3) is 0 Å². The second kappa shape index (κ2) is 6.97. The number of carbonyl (C=O) groups excluding carboxylic acids is 2. The predicted molar refractivity (Wildman–Crippen MR) is 63.2 cm³/mol. The van der Waals surface area contributed by atoms with E-state index in [0.717, 1.165) is 0 Å². The standard InChI is InChI=1S/C10H14N2O4S/c1-15-9(13)4-5-17-6-7-2-3-8(16-7)10(14)12-11/h2-3H,4-6,11H2,1H3,(H,12,14). The number of esters is 1. The highest BCUT2D eigenvalue weighted by Gasteiger charge is 2.09. The van der Waals surface area contributed by atoms with Gasteiger partial charge in [-0.15, -0.1) is 0 Å². The first-order valence-electron chi connectivity index (χ1n) is 4.91. The monoisotopic (exact) mass is 258 g/mol. The number of hydrazine groups is 1. The van der Waals surface area contributed by atoms with Gasteiger partial charge in [0, 0.05) is 5.75 Å². The summed E-state index contributed by atoms with van der Waals surface area (Å²) in [4.78, 5) is 21.9. The Bertz CT molecular complexity index is 391. The van der Waals surface area contributed by atoms with Gasteiger partial charge in [-0.05, 0) is 12.1 Å². The molecule has 7 heteroatoms. The molecule has 0 fully saturated rings. The molecule has 0 bridgehead atoms. The van der Waals surface area contributed by atoms with Crippen molar-refractivity contribution in [2.24, 2.45) is 5.84 Å². The summed E-state index contributed by atoms with van der Waals surface area (Å²) in [7, 11) is 1.36. The van der Waals surface area contributed by atoms with Gasteiger partial charge in [-0.25, -0.2) is 5.84 Å². The zero-order valence-corrected chi connectivity index (χ0v) is 10.2. The third kappa shape index (κ3) is 4.49. The Kier molecular flexibility index (Phi) is 5.58. The van der Waals surface area contributed by atoms with E-state index in [9.17, 15) is 9.59 Å². The van der Waals surface area contributed by atoms with Crippen LogP contribution in [0.3, 0.4) is 0 Å². The third-order valence-electron chi connectivity index (χ3n) is 1.94. The zero-order valence-electron chi connectivity index (χ0n) is 9.39. The van der Waals surface area contributed by atoms with Crippen molar-refractivity contribution >= 4 is 23.6 Å². The normalized spacial score (nSPS) is 10.0. The summed E-state index contributed by atoms with van der Waals surface area (Å²) < 4.78 is 9.75. The number of nitrogens with two attached hydrogens (primary N) is 1. The fourth-order valence-corrected chi connectivity index (χ4v) is 1.89. The fraction of sp³-hybridized carbons (Fsp3) is 0.400. The van der Waals surface area contributed by atoms with Crippen LogP contribution in [0.4, 0.5) is 0 Å². The molecule has 0 aliphatic carbocycles. The third-order valence-corrected chi connectivity index (χ3v) is 2.92. The molecule has 6 nitrogen and oxygen atoms in total. The number of hydrogen-bond donors (Lipinski definition) is 2. The lowest BCUT2D eigenvalue weighted by molar-refractivity contribution is -0.140. The molecule has 94 valence electrons. The number of nitrogens with one attached hydrogen (secondary N) is 1. The van der Waals surface area contributed by atoms with Crippen molar-refractivity contribution in [1.82, 2.24) is 5.43 Å². The van der Waals surface area contributed by atoms with Crippen LogP contribution in [0.25, 0.3) is 0 Å². The summed E-state index contributed by atoms with van der Waals surface area (Å²) in [5.41, 5.74) is 1.98. The number of furan rings is 1. The van der Waals surface area contributed by atoms with Crippen LogP contribution in [0.2, 0.25) is 0 Å². The average molecular weight is 258 g/mol. The molecule has 0 aromatic carbocycles. The molecular formula is C10H14N2O4S. The SMILES string of the molecule is COC(=O)CCSCc1ccc(C(=O)NN)o1. The summed E-state index contributed by atoms with van der Waals surface area (Å²) >= 11 is 1.53. The quantitative estimate of drug-likeness (QED) is 0.256. The average Bonchev–Trinajstić information content (AvgIpc) is 2.82. The van der Waals surface area contributed by atoms with Gasteiger partial charge < -0.3 is 9.15 Å². The van der Waals surface area contributed by atoms with Crippen molar-refractivity contribution < 1.29 is 18.7 Å². The van der Waals surface area contributed by atoms with Gasteiger partial charge in [-0.1, -0.05) is 0 Å². The molecule has 1 rings (SSSR count). The van der Waals surface area contributed by atoms with E-state index in [1.165, 1.54) is 18.9 Å². The number of hydrogen-bond acceptors (Lipinski definition) is 6. The van der Waals surface area contributed by atoms with Crippen LogP contribution in [0.15, 0.2) is 16.5 Å². The van der Waals surface area contributed by atoms with E-state index in [-0.39, 0.29) is 11.7 Å². The Morgan fingerprint density at radius 1 is 1.53 bits per heavy atom. The highest BCUT2D eigenvalue weighted by molar-refractivity contribution is 7.98. The van der Waals surface area contributed by atoms with E-state index in [2.05, 4.69) is 4.74 Å². The van der Waals surface area contributed by atoms with Gasteiger partial charge in [0.1, 0.15) is 5.76 Å². The Labute approximate surface area is 103 Å². The molecule has 0 spiro atoms. The molecule has 17 heavy (non-hydrogen) atoms. The zero-order chi connectivity index (χ0) is 12.7. The second-order valence-electron chi connectivity index (χ2n) is 3.12. The number of thioether (sulfide) groups is 1. The summed E-state index contributed by atoms with van der Waals surface area (Å²) in [5.74, 6) is 6.35. The van der Waals surface area contributed by atoms with Crippen LogP contribution < -0.4 is 11.3 Å². The van der Waals surface area contributed by atoms with Crippen molar-refractivity contribution in [2.45, 2.75) is 12.2 Å². The highest BCUT2D eigenvalue weighted by atomic mass is 32.2. The number of rotatable bonds is 6. The van der Waals surface area contributed by atoms with Gasteiger partial charge in [0.15, 0.2) is 5.76 Å². The molecule has 3 N–H and O–H groups in total. The highest BCUT2D eigenvalue weighted by Crippen LogP contribution is 2.16. The van der Waals surface area contributed by atoms with Gasteiger partial charge in [0.2, 0.25) is 0 Å². The minimum absolute atomic E-state index is 0.177. The van der Waals surface area contributed by atoms with Gasteiger partial charge in [-0.3, -0.25) is 15.0 Å². The Morgan fingerprint density at radius 3 is 2.94 bits per heavy atom. The largest absolute Gasteiger partial charge is 0.469 e. The molecule has 1 aromatic rings. The van der Waals surface area contributed by atoms with E-state index in [1.807, 2.05) is 5.43 Å². The van der Waals surface area contributed by atoms with Crippen molar-refractivity contribution in [3.8, 4) is 0 Å². The number of methoxy groups -OCH3 is 1. The maximum Gasteiger partial charge on any atom is 0.306 e. The van der Waals surface area contributed by atoms with Gasteiger partial charge in [0.05, 0.1) is 19.3 Å². The molecule has 0 saturated carbocycles. The van der Waals surface area contributed by atoms with Crippen LogP contribution in [0.1, 0.15) is 22.7 Å². The smallest absolute Gasteiger partial charge is 0.306 e. The van der Waals surface area contributed by atoms with E-state index >= 15 is 0 Å². The summed E-state index contributed by atoms with van der Waals surface area (Å²) in [6.45, 7) is 0. The van der Waals surface area contributed by atoms with Crippen molar-refractivity contribution in [3.05, 3.63) is 23.7 Å². The Hall–Kier alpha value is -1.47. The van der Waals surface area contributed by atoms with Crippen LogP contribution in [0.5, 0.6) is 0 Å². The predicted octanol–water partition coefficient (Wildman–Crippen LogP) is 0.679. The summed E-state index contributed by atoms with van der Waals surface area (Å²) in [6, 6.07) is 3.26. The van der Waals surface area contributed by atoms with Crippen LogP contribution in [-0.2, 0) is 15.3 Å². The van der Waals surface area contributed by atoms with E-state index in [4.69, 9.17) is 10.3 Å². The summed E-state index contributed by atoms with van der Waals surface area (Å²) in [6.07, 6.45) is 0.359. The van der Waals surface area contributed by atoms with Crippen LogP contribution in [0, 0.1) is 0 Å². The van der Waals surface area contributed by atoms with Gasteiger partial charge >= 0.3 is 11.9 Å². The Morgan fingerprint density at radius 2 is 2.29 bits per heavy atom. The number of ether oxygens (including phenoxy) is 1. The maximum absolute atomic E-state index is 11.1. The molecule has 1 heterocycles. The summed E-state index contributed by atoms with van der Waals surface area (Å²) in [5, 5.41) is 0. The fourth-order valence-electron chi connectivity index (χ4n) is 1.08. The molecule has 1 aromatic heterocycles. The topological polar surface area (TPSA) is 94.6 Å². The molecule has 0 atom stereocenters. The lowest BCUT2D eigenvalue weighted by Crippen LogP contribution is -2.29. The lowest BCUT2D eigenvalue weighted by atomic mass is 10.4. The first-order chi connectivity index (χ1) is 8.17. The minimum Gasteiger partial charge on any atom is -0.469 e. The van der Waals surface area contributed by atoms with E-state index in [0.29, 0.717) is 23.7 Å². The van der Waals surface area contributed by atoms with Crippen molar-refractivity contribution in [1.29, 1.82) is 0 Å². The van der Waals surface area contributed by atoms with Crippen molar-refractivity contribution in [2.75, 3.05) is 12.9 Å². The molecular weight excluding hydrogens is 244 g/mol. The van der Waals surface area contributed by atoms with Crippen LogP contribution in [-0.4, -0.2) is 24.7 Å². The molecule has 0 radical (unpaired) electrons. The van der Waals surface area contributed by atoms with Gasteiger partial charge in [-0.2, -0.15) is 11.8 Å². The molecule has 0 aliphatic rings. The molecule has 1 amide bonds. The second-order valence-corrected chi connectivity index (χ2v) is 4.22. The molecule has 0 unspecified atom stereocenters. The Balaban J connectivity index is 2.30. The minimum atomic E-state index is -0.462. The molecule has 0 aliphatic heterocycles. The number of carbonyl (C=O) groups is 2. The maximum atomic E-state index is 11.1.